The van der Waals surface area contributed by atoms with Crippen LogP contribution in [0, 0.1) is 6.92 Å². The number of methoxy groups -OCH3 is 1. The smallest absolute Gasteiger partial charge is 0.220 e. The number of para-hydroxylation sites is 1. The summed E-state index contributed by atoms with van der Waals surface area (Å²) in [6.07, 6.45) is 3.18. The van der Waals surface area contributed by atoms with Gasteiger partial charge < -0.3 is 10.1 Å². The molecule has 3 nitrogen and oxygen atoms in total. The highest BCUT2D eigenvalue weighted by atomic mass is 16.5. The number of carbonyl (C=O) groups excluding carboxylic acids is 1. The Morgan fingerprint density at radius 1 is 1.04 bits per heavy atom. The number of carbonyl (C=O) groups is 1. The average Bonchev–Trinajstić information content (AvgIpc) is 2.57. The van der Waals surface area contributed by atoms with Crippen molar-refractivity contribution in [2.45, 2.75) is 32.6 Å². The molecule has 0 aromatic heterocycles. The van der Waals surface area contributed by atoms with E-state index in [0.717, 1.165) is 30.6 Å². The first-order valence-electron chi connectivity index (χ1n) is 8.13. The molecule has 2 aromatic rings. The Balaban J connectivity index is 1.66. The van der Waals surface area contributed by atoms with Crippen molar-refractivity contribution < 1.29 is 9.53 Å². The molecule has 0 aliphatic carbocycles. The van der Waals surface area contributed by atoms with E-state index in [1.54, 1.807) is 7.11 Å². The first-order chi connectivity index (χ1) is 11.2. The lowest BCUT2D eigenvalue weighted by atomic mass is 10.1. The molecule has 1 N–H and O–H groups in total. The second-order valence-electron chi connectivity index (χ2n) is 5.75. The van der Waals surface area contributed by atoms with E-state index >= 15 is 0 Å². The van der Waals surface area contributed by atoms with Gasteiger partial charge in [0.1, 0.15) is 5.75 Å². The number of ether oxygens (including phenoxy) is 1. The highest BCUT2D eigenvalue weighted by molar-refractivity contribution is 5.75. The lowest BCUT2D eigenvalue weighted by molar-refractivity contribution is -0.121. The lowest BCUT2D eigenvalue weighted by Crippen LogP contribution is -2.25. The fourth-order valence-corrected chi connectivity index (χ4v) is 2.54. The van der Waals surface area contributed by atoms with E-state index < -0.39 is 0 Å². The minimum Gasteiger partial charge on any atom is -0.496 e. The maximum atomic E-state index is 11.9. The summed E-state index contributed by atoms with van der Waals surface area (Å²) in [7, 11) is 1.67. The molecule has 0 bridgehead atoms. The second kappa shape index (κ2) is 8.99. The number of rotatable bonds is 8. The molecule has 0 unspecified atom stereocenters. The van der Waals surface area contributed by atoms with Gasteiger partial charge in [0.15, 0.2) is 0 Å². The molecule has 0 radical (unpaired) electrons. The largest absolute Gasteiger partial charge is 0.496 e. The van der Waals surface area contributed by atoms with Crippen molar-refractivity contribution in [1.82, 2.24) is 5.32 Å². The van der Waals surface area contributed by atoms with Gasteiger partial charge in [-0.3, -0.25) is 4.79 Å². The Morgan fingerprint density at radius 2 is 1.78 bits per heavy atom. The van der Waals surface area contributed by atoms with Crippen molar-refractivity contribution in [3.63, 3.8) is 0 Å². The average molecular weight is 311 g/mol. The number of benzene rings is 2. The molecule has 0 fully saturated rings. The van der Waals surface area contributed by atoms with Gasteiger partial charge in [-0.25, -0.2) is 0 Å². The van der Waals surface area contributed by atoms with Crippen molar-refractivity contribution in [3.05, 3.63) is 65.2 Å². The van der Waals surface area contributed by atoms with Crippen LogP contribution in [0.1, 0.15) is 29.5 Å². The Bertz CT molecular complexity index is 620. The Hall–Kier alpha value is -2.29. The molecule has 0 saturated heterocycles. The zero-order chi connectivity index (χ0) is 16.5. The molecule has 0 spiro atoms. The van der Waals surface area contributed by atoms with Crippen molar-refractivity contribution in [1.29, 1.82) is 0 Å². The Kier molecular flexibility index (Phi) is 6.67. The fourth-order valence-electron chi connectivity index (χ4n) is 2.54. The van der Waals surface area contributed by atoms with Gasteiger partial charge in [0.2, 0.25) is 5.91 Å². The zero-order valence-electron chi connectivity index (χ0n) is 14.0. The van der Waals surface area contributed by atoms with Crippen molar-refractivity contribution in [3.8, 4) is 5.75 Å². The number of amides is 1. The predicted molar refractivity (Wildman–Crippen MR) is 93.8 cm³/mol. The summed E-state index contributed by atoms with van der Waals surface area (Å²) in [6, 6.07) is 16.4. The molecule has 0 aliphatic rings. The molecule has 2 aromatic carbocycles. The first-order valence-corrected chi connectivity index (χ1v) is 8.13. The van der Waals surface area contributed by atoms with Gasteiger partial charge in [-0.15, -0.1) is 0 Å². The maximum absolute atomic E-state index is 11.9. The van der Waals surface area contributed by atoms with Gasteiger partial charge in [-0.05, 0) is 43.4 Å². The van der Waals surface area contributed by atoms with Gasteiger partial charge in [0, 0.05) is 13.0 Å². The van der Waals surface area contributed by atoms with Crippen LogP contribution in [-0.2, 0) is 17.6 Å². The second-order valence-corrected chi connectivity index (χ2v) is 5.75. The summed E-state index contributed by atoms with van der Waals surface area (Å²) < 4.78 is 5.31. The summed E-state index contributed by atoms with van der Waals surface area (Å²) >= 11 is 0. The monoisotopic (exact) mass is 311 g/mol. The molecule has 0 heterocycles. The lowest BCUT2D eigenvalue weighted by Gasteiger charge is -2.09. The number of hydrogen-bond donors (Lipinski definition) is 1. The Labute approximate surface area is 138 Å². The third kappa shape index (κ3) is 5.78. The summed E-state index contributed by atoms with van der Waals surface area (Å²) in [6.45, 7) is 2.72. The highest BCUT2D eigenvalue weighted by Gasteiger charge is 2.04. The third-order valence-electron chi connectivity index (χ3n) is 3.90. The quantitative estimate of drug-likeness (QED) is 0.807. The zero-order valence-corrected chi connectivity index (χ0v) is 14.0. The molecule has 3 heteroatoms. The predicted octanol–water partition coefficient (Wildman–Crippen LogP) is 3.69. The normalized spacial score (nSPS) is 10.3. The number of aryl methyl sites for hydroxylation is 2. The summed E-state index contributed by atoms with van der Waals surface area (Å²) in [5.74, 6) is 0.994. The van der Waals surface area contributed by atoms with E-state index in [1.165, 1.54) is 11.1 Å². The van der Waals surface area contributed by atoms with E-state index in [-0.39, 0.29) is 5.91 Å². The number of hydrogen-bond acceptors (Lipinski definition) is 2. The summed E-state index contributed by atoms with van der Waals surface area (Å²) in [5, 5.41) is 2.98. The van der Waals surface area contributed by atoms with Crippen LogP contribution in [0.2, 0.25) is 0 Å². The van der Waals surface area contributed by atoms with Crippen LogP contribution in [0.25, 0.3) is 0 Å². The molecule has 2 rings (SSSR count). The van der Waals surface area contributed by atoms with Crippen LogP contribution in [0.4, 0.5) is 0 Å². The van der Waals surface area contributed by atoms with Crippen LogP contribution in [-0.4, -0.2) is 19.6 Å². The van der Waals surface area contributed by atoms with Gasteiger partial charge in [0.05, 0.1) is 7.11 Å². The Morgan fingerprint density at radius 3 is 2.52 bits per heavy atom. The number of nitrogens with one attached hydrogen (secondary N) is 1. The maximum Gasteiger partial charge on any atom is 0.220 e. The molecule has 0 atom stereocenters. The molecular weight excluding hydrogens is 286 g/mol. The molecule has 0 saturated carbocycles. The van der Waals surface area contributed by atoms with Crippen LogP contribution < -0.4 is 10.1 Å². The van der Waals surface area contributed by atoms with Crippen molar-refractivity contribution in [2.24, 2.45) is 0 Å². The van der Waals surface area contributed by atoms with Crippen LogP contribution >= 0.6 is 0 Å². The molecule has 122 valence electrons. The SMILES string of the molecule is COc1ccccc1CCNC(=O)CCCc1ccc(C)cc1. The topological polar surface area (TPSA) is 38.3 Å². The van der Waals surface area contributed by atoms with E-state index in [4.69, 9.17) is 4.74 Å². The van der Waals surface area contributed by atoms with Crippen LogP contribution in [0.15, 0.2) is 48.5 Å². The standard InChI is InChI=1S/C20H25NO2/c1-16-10-12-17(13-11-16)6-5-9-20(22)21-15-14-18-7-3-4-8-19(18)23-2/h3-4,7-8,10-13H,5-6,9,14-15H2,1-2H3,(H,21,22). The molecule has 1 amide bonds. The minimum atomic E-state index is 0.118. The minimum absolute atomic E-state index is 0.118. The summed E-state index contributed by atoms with van der Waals surface area (Å²) in [4.78, 5) is 11.9. The van der Waals surface area contributed by atoms with Crippen LogP contribution in [0.3, 0.4) is 0 Å². The van der Waals surface area contributed by atoms with E-state index in [0.29, 0.717) is 13.0 Å². The fraction of sp³-hybridized carbons (Fsp3) is 0.350. The van der Waals surface area contributed by atoms with Crippen LogP contribution in [0.5, 0.6) is 5.75 Å². The summed E-state index contributed by atoms with van der Waals surface area (Å²) in [5.41, 5.74) is 3.68. The van der Waals surface area contributed by atoms with Gasteiger partial charge >= 0.3 is 0 Å². The highest BCUT2D eigenvalue weighted by Crippen LogP contribution is 2.17. The first kappa shape index (κ1) is 17.1. The molecular formula is C20H25NO2. The molecule has 23 heavy (non-hydrogen) atoms. The van der Waals surface area contributed by atoms with E-state index in [2.05, 4.69) is 36.5 Å². The molecule has 0 aliphatic heterocycles. The third-order valence-corrected chi connectivity index (χ3v) is 3.90. The van der Waals surface area contributed by atoms with E-state index in [1.807, 2.05) is 24.3 Å². The van der Waals surface area contributed by atoms with Gasteiger partial charge in [-0.2, -0.15) is 0 Å². The van der Waals surface area contributed by atoms with Gasteiger partial charge in [-0.1, -0.05) is 48.0 Å². The van der Waals surface area contributed by atoms with E-state index in [9.17, 15) is 4.79 Å². The van der Waals surface area contributed by atoms with Crippen molar-refractivity contribution >= 4 is 5.91 Å². The van der Waals surface area contributed by atoms with Crippen molar-refractivity contribution in [2.75, 3.05) is 13.7 Å². The van der Waals surface area contributed by atoms with Gasteiger partial charge in [0.25, 0.3) is 0 Å².